The predicted molar refractivity (Wildman–Crippen MR) is 142 cm³/mol. The Labute approximate surface area is 222 Å². The van der Waals surface area contributed by atoms with E-state index in [2.05, 4.69) is 9.88 Å². The number of piperidine rings is 1. The summed E-state index contributed by atoms with van der Waals surface area (Å²) in [5.41, 5.74) is 0.935. The molecule has 0 aliphatic carbocycles. The first-order valence-electron chi connectivity index (χ1n) is 12.4. The van der Waals surface area contributed by atoms with Crippen LogP contribution in [-0.2, 0) is 15.2 Å². The Morgan fingerprint density at radius 3 is 2.47 bits per heavy atom. The molecule has 0 radical (unpaired) electrons. The Morgan fingerprint density at radius 2 is 1.75 bits per heavy atom. The van der Waals surface area contributed by atoms with E-state index in [1.807, 2.05) is 17.0 Å². The first-order chi connectivity index (χ1) is 17.3. The smallest absolute Gasteiger partial charge is 0.246 e. The molecule has 2 aliphatic rings. The van der Waals surface area contributed by atoms with E-state index in [9.17, 15) is 14.7 Å². The maximum absolute atomic E-state index is 12.7. The van der Waals surface area contributed by atoms with Gasteiger partial charge in [0, 0.05) is 64.2 Å². The summed E-state index contributed by atoms with van der Waals surface area (Å²) in [5.74, 6) is -0.0322. The molecule has 36 heavy (non-hydrogen) atoms. The highest BCUT2D eigenvalue weighted by molar-refractivity contribution is 6.42. The minimum absolute atomic E-state index is 0.0875. The van der Waals surface area contributed by atoms with Gasteiger partial charge in [0.15, 0.2) is 0 Å². The Balaban J connectivity index is 1.21. The molecule has 0 spiro atoms. The minimum atomic E-state index is -0.787. The molecule has 0 saturated carbocycles. The van der Waals surface area contributed by atoms with E-state index < -0.39 is 5.60 Å². The van der Waals surface area contributed by atoms with Crippen LogP contribution in [-0.4, -0.2) is 82.4 Å². The molecule has 3 heterocycles. The average Bonchev–Trinajstić information content (AvgIpc) is 3.08. The first-order valence-corrected chi connectivity index (χ1v) is 13.1. The highest BCUT2D eigenvalue weighted by atomic mass is 35.5. The molecule has 2 aromatic rings. The standard InChI is InChI=1S/C27H32Cl2N4O3/c28-23-4-2-21(20-24(23)29)3-5-25(34)33-15-8-26(35)32(18-19-33)14-1-13-31-16-9-27(36,10-17-31)22-6-11-30-12-7-22/h2-7,11-12,20,36H,1,8-10,13-19H2. The van der Waals surface area contributed by atoms with Crippen LogP contribution in [0.3, 0.4) is 0 Å². The summed E-state index contributed by atoms with van der Waals surface area (Å²) in [7, 11) is 0. The number of aromatic nitrogens is 1. The molecule has 9 heteroatoms. The maximum atomic E-state index is 12.7. The quantitative estimate of drug-likeness (QED) is 0.550. The van der Waals surface area contributed by atoms with Gasteiger partial charge in [-0.3, -0.25) is 14.6 Å². The van der Waals surface area contributed by atoms with E-state index in [1.54, 1.807) is 41.6 Å². The lowest BCUT2D eigenvalue weighted by atomic mass is 9.85. The van der Waals surface area contributed by atoms with Crippen molar-refractivity contribution in [2.75, 3.05) is 45.8 Å². The number of aliphatic hydroxyl groups is 1. The topological polar surface area (TPSA) is 77.0 Å². The second-order valence-corrected chi connectivity index (χ2v) is 10.2. The number of rotatable bonds is 7. The summed E-state index contributed by atoms with van der Waals surface area (Å²) in [6.07, 6.45) is 9.24. The van der Waals surface area contributed by atoms with Crippen molar-refractivity contribution in [3.63, 3.8) is 0 Å². The van der Waals surface area contributed by atoms with Gasteiger partial charge in [-0.1, -0.05) is 29.3 Å². The van der Waals surface area contributed by atoms with Crippen LogP contribution >= 0.6 is 23.2 Å². The van der Waals surface area contributed by atoms with Crippen LogP contribution in [0, 0.1) is 0 Å². The second kappa shape index (κ2) is 12.2. The normalized spacial score (nSPS) is 19.0. The van der Waals surface area contributed by atoms with Crippen LogP contribution < -0.4 is 0 Å². The van der Waals surface area contributed by atoms with Gasteiger partial charge in [-0.05, 0) is 67.3 Å². The molecule has 2 fully saturated rings. The van der Waals surface area contributed by atoms with Gasteiger partial charge in [0.2, 0.25) is 11.8 Å². The van der Waals surface area contributed by atoms with Gasteiger partial charge < -0.3 is 19.8 Å². The summed E-state index contributed by atoms with van der Waals surface area (Å²) in [4.78, 5) is 35.3. The summed E-state index contributed by atoms with van der Waals surface area (Å²) in [6, 6.07) is 8.98. The monoisotopic (exact) mass is 530 g/mol. The molecule has 2 amide bonds. The number of hydrogen-bond acceptors (Lipinski definition) is 5. The molecule has 1 N–H and O–H groups in total. The molecular formula is C27H32Cl2N4O3. The molecule has 0 unspecified atom stereocenters. The average molecular weight is 531 g/mol. The zero-order valence-corrected chi connectivity index (χ0v) is 21.8. The summed E-state index contributed by atoms with van der Waals surface area (Å²) >= 11 is 12.0. The Bertz CT molecular complexity index is 1090. The van der Waals surface area contributed by atoms with Crippen LogP contribution in [0.1, 0.15) is 36.8 Å². The van der Waals surface area contributed by atoms with Crippen molar-refractivity contribution in [1.82, 2.24) is 19.7 Å². The highest BCUT2D eigenvalue weighted by Gasteiger charge is 2.33. The fraction of sp³-hybridized carbons (Fsp3) is 0.444. The minimum Gasteiger partial charge on any atom is -0.385 e. The summed E-state index contributed by atoms with van der Waals surface area (Å²) in [6.45, 7) is 4.66. The zero-order chi connectivity index (χ0) is 25.5. The maximum Gasteiger partial charge on any atom is 0.246 e. The predicted octanol–water partition coefficient (Wildman–Crippen LogP) is 3.84. The van der Waals surface area contributed by atoms with Crippen LogP contribution in [0.5, 0.6) is 0 Å². The third-order valence-electron chi connectivity index (χ3n) is 7.07. The molecular weight excluding hydrogens is 499 g/mol. The molecule has 0 atom stereocenters. The van der Waals surface area contributed by atoms with Crippen LogP contribution in [0.15, 0.2) is 48.8 Å². The van der Waals surface area contributed by atoms with Crippen molar-refractivity contribution in [2.24, 2.45) is 0 Å². The number of hydrogen-bond donors (Lipinski definition) is 1. The number of nitrogens with zero attached hydrogens (tertiary/aromatic N) is 4. The van der Waals surface area contributed by atoms with Crippen molar-refractivity contribution in [2.45, 2.75) is 31.3 Å². The Morgan fingerprint density at radius 1 is 1.00 bits per heavy atom. The van der Waals surface area contributed by atoms with Gasteiger partial charge in [-0.2, -0.15) is 0 Å². The number of pyridine rings is 1. The number of carbonyl (C=O) groups is 2. The van der Waals surface area contributed by atoms with Crippen molar-refractivity contribution in [1.29, 1.82) is 0 Å². The van der Waals surface area contributed by atoms with Crippen LogP contribution in [0.25, 0.3) is 6.08 Å². The second-order valence-electron chi connectivity index (χ2n) is 9.43. The van der Waals surface area contributed by atoms with Gasteiger partial charge >= 0.3 is 0 Å². The van der Waals surface area contributed by atoms with Gasteiger partial charge in [-0.25, -0.2) is 0 Å². The third-order valence-corrected chi connectivity index (χ3v) is 7.80. The number of halogens is 2. The van der Waals surface area contributed by atoms with E-state index in [0.29, 0.717) is 55.5 Å². The SMILES string of the molecule is O=C(C=Cc1ccc(Cl)c(Cl)c1)N1CCC(=O)N(CCCN2CCC(O)(c3ccncc3)CC2)CC1. The molecule has 4 rings (SSSR count). The fourth-order valence-electron chi connectivity index (χ4n) is 4.80. The van der Waals surface area contributed by atoms with Gasteiger partial charge in [0.25, 0.3) is 0 Å². The molecule has 2 aliphatic heterocycles. The lowest BCUT2D eigenvalue weighted by Gasteiger charge is -2.38. The van der Waals surface area contributed by atoms with Gasteiger partial charge in [0.1, 0.15) is 0 Å². The van der Waals surface area contributed by atoms with E-state index in [-0.39, 0.29) is 11.8 Å². The molecule has 1 aromatic carbocycles. The summed E-state index contributed by atoms with van der Waals surface area (Å²) in [5, 5.41) is 11.9. The zero-order valence-electron chi connectivity index (χ0n) is 20.3. The number of carbonyl (C=O) groups excluding carboxylic acids is 2. The van der Waals surface area contributed by atoms with Gasteiger partial charge in [-0.15, -0.1) is 0 Å². The molecule has 2 saturated heterocycles. The van der Waals surface area contributed by atoms with E-state index in [1.165, 1.54) is 6.08 Å². The number of likely N-dealkylation sites (tertiary alicyclic amines) is 1. The number of benzene rings is 1. The van der Waals surface area contributed by atoms with Crippen molar-refractivity contribution in [3.05, 3.63) is 70.0 Å². The Kier molecular flexibility index (Phi) is 9.01. The van der Waals surface area contributed by atoms with E-state index >= 15 is 0 Å². The third kappa shape index (κ3) is 6.85. The van der Waals surface area contributed by atoms with E-state index in [0.717, 1.165) is 37.2 Å². The Hall–Kier alpha value is -2.45. The molecule has 1 aromatic heterocycles. The van der Waals surface area contributed by atoms with Crippen LogP contribution in [0.4, 0.5) is 0 Å². The summed E-state index contributed by atoms with van der Waals surface area (Å²) < 4.78 is 0. The molecule has 7 nitrogen and oxygen atoms in total. The van der Waals surface area contributed by atoms with Crippen molar-refractivity contribution < 1.29 is 14.7 Å². The molecule has 0 bridgehead atoms. The van der Waals surface area contributed by atoms with E-state index in [4.69, 9.17) is 23.2 Å². The fourth-order valence-corrected chi connectivity index (χ4v) is 5.10. The van der Waals surface area contributed by atoms with Crippen LogP contribution in [0.2, 0.25) is 10.0 Å². The highest BCUT2D eigenvalue weighted by Crippen LogP contribution is 2.32. The lowest BCUT2D eigenvalue weighted by molar-refractivity contribution is -0.130. The largest absolute Gasteiger partial charge is 0.385 e. The molecule has 192 valence electrons. The number of amides is 2. The first kappa shape index (κ1) is 26.6. The van der Waals surface area contributed by atoms with Gasteiger partial charge in [0.05, 0.1) is 15.6 Å². The lowest BCUT2D eigenvalue weighted by Crippen LogP contribution is -2.43. The van der Waals surface area contributed by atoms with Crippen molar-refractivity contribution >= 4 is 41.1 Å². The van der Waals surface area contributed by atoms with Crippen molar-refractivity contribution in [3.8, 4) is 0 Å².